The molecular formula is C27H25NO7. The van der Waals surface area contributed by atoms with Crippen molar-refractivity contribution < 1.29 is 28.7 Å². The molecule has 0 atom stereocenters. The molecule has 0 aliphatic carbocycles. The highest BCUT2D eigenvalue weighted by atomic mass is 16.6. The number of aryl methyl sites for hydroxylation is 1. The van der Waals surface area contributed by atoms with Crippen molar-refractivity contribution in [2.45, 2.75) is 13.5 Å². The van der Waals surface area contributed by atoms with Gasteiger partial charge in [-0.15, -0.1) is 0 Å². The van der Waals surface area contributed by atoms with Crippen molar-refractivity contribution in [1.29, 1.82) is 0 Å². The minimum Gasteiger partial charge on any atom is -0.493 e. The van der Waals surface area contributed by atoms with Crippen LogP contribution in [0.2, 0.25) is 0 Å². The summed E-state index contributed by atoms with van der Waals surface area (Å²) in [6.45, 7) is 2.44. The SMILES string of the molecule is COc1cc(/C=C/C(=O)Oc2ccc(/C=C/[N+](=O)[O-])cc2OC)ccc1OCc1ccccc1C. The Kier molecular flexibility index (Phi) is 8.61. The maximum atomic E-state index is 12.3. The van der Waals surface area contributed by atoms with E-state index in [1.165, 1.54) is 31.4 Å². The summed E-state index contributed by atoms with van der Waals surface area (Å²) in [7, 11) is 2.97. The third-order valence-corrected chi connectivity index (χ3v) is 5.03. The van der Waals surface area contributed by atoms with E-state index in [0.29, 0.717) is 29.2 Å². The number of hydrogen-bond acceptors (Lipinski definition) is 7. The molecule has 3 aromatic carbocycles. The van der Waals surface area contributed by atoms with E-state index >= 15 is 0 Å². The molecule has 3 aromatic rings. The second-order valence-electron chi connectivity index (χ2n) is 7.39. The number of methoxy groups -OCH3 is 2. The second-order valence-corrected chi connectivity index (χ2v) is 7.39. The highest BCUT2D eigenvalue weighted by molar-refractivity contribution is 5.89. The summed E-state index contributed by atoms with van der Waals surface area (Å²) < 4.78 is 21.9. The van der Waals surface area contributed by atoms with Crippen molar-refractivity contribution in [3.05, 3.63) is 105 Å². The normalized spacial score (nSPS) is 10.9. The lowest BCUT2D eigenvalue weighted by molar-refractivity contribution is -0.400. The molecule has 0 radical (unpaired) electrons. The number of rotatable bonds is 10. The summed E-state index contributed by atoms with van der Waals surface area (Å²) >= 11 is 0. The van der Waals surface area contributed by atoms with Gasteiger partial charge in [-0.2, -0.15) is 0 Å². The number of nitrogens with zero attached hydrogens (tertiary/aromatic N) is 1. The molecule has 180 valence electrons. The highest BCUT2D eigenvalue weighted by Gasteiger charge is 2.10. The maximum absolute atomic E-state index is 12.3. The quantitative estimate of drug-likeness (QED) is 0.126. The Bertz CT molecular complexity index is 1260. The topological polar surface area (TPSA) is 97.1 Å². The second kappa shape index (κ2) is 12.0. The van der Waals surface area contributed by atoms with Gasteiger partial charge < -0.3 is 18.9 Å². The molecule has 0 unspecified atom stereocenters. The van der Waals surface area contributed by atoms with E-state index in [0.717, 1.165) is 17.3 Å². The van der Waals surface area contributed by atoms with E-state index in [1.807, 2.05) is 31.2 Å². The molecule has 0 aliphatic heterocycles. The van der Waals surface area contributed by atoms with Crippen molar-refractivity contribution in [3.8, 4) is 23.0 Å². The number of esters is 1. The lowest BCUT2D eigenvalue weighted by Crippen LogP contribution is -2.05. The summed E-state index contributed by atoms with van der Waals surface area (Å²) in [5.74, 6) is 0.975. The fourth-order valence-corrected chi connectivity index (χ4v) is 3.16. The molecule has 0 saturated heterocycles. The predicted octanol–water partition coefficient (Wildman–Crippen LogP) is 5.46. The van der Waals surface area contributed by atoms with Crippen molar-refractivity contribution >= 4 is 18.1 Å². The molecule has 0 bridgehead atoms. The van der Waals surface area contributed by atoms with Crippen LogP contribution in [0.25, 0.3) is 12.2 Å². The summed E-state index contributed by atoms with van der Waals surface area (Å²) in [5.41, 5.74) is 3.47. The number of carbonyl (C=O) groups excluding carboxylic acids is 1. The fraction of sp³-hybridized carbons (Fsp3) is 0.148. The number of hydrogen-bond donors (Lipinski definition) is 0. The van der Waals surface area contributed by atoms with E-state index in [1.54, 1.807) is 37.5 Å². The molecule has 0 aliphatic rings. The largest absolute Gasteiger partial charge is 0.493 e. The van der Waals surface area contributed by atoms with Gasteiger partial charge in [0.05, 0.1) is 19.1 Å². The van der Waals surface area contributed by atoms with Crippen molar-refractivity contribution in [1.82, 2.24) is 0 Å². The Morgan fingerprint density at radius 2 is 1.51 bits per heavy atom. The van der Waals surface area contributed by atoms with Crippen LogP contribution >= 0.6 is 0 Å². The minimum atomic E-state index is -0.615. The van der Waals surface area contributed by atoms with Crippen LogP contribution in [-0.4, -0.2) is 25.1 Å². The van der Waals surface area contributed by atoms with Gasteiger partial charge in [0.1, 0.15) is 6.61 Å². The zero-order valence-corrected chi connectivity index (χ0v) is 19.6. The molecule has 8 heteroatoms. The van der Waals surface area contributed by atoms with Crippen LogP contribution in [0, 0.1) is 17.0 Å². The Labute approximate surface area is 203 Å². The Morgan fingerprint density at radius 1 is 0.886 bits per heavy atom. The smallest absolute Gasteiger partial charge is 0.336 e. The van der Waals surface area contributed by atoms with E-state index in [9.17, 15) is 14.9 Å². The van der Waals surface area contributed by atoms with Crippen molar-refractivity contribution in [2.75, 3.05) is 14.2 Å². The predicted molar refractivity (Wildman–Crippen MR) is 132 cm³/mol. The van der Waals surface area contributed by atoms with Crippen LogP contribution in [0.5, 0.6) is 23.0 Å². The lowest BCUT2D eigenvalue weighted by Gasteiger charge is -2.12. The molecule has 35 heavy (non-hydrogen) atoms. The average molecular weight is 475 g/mol. The first-order chi connectivity index (χ1) is 16.9. The van der Waals surface area contributed by atoms with Gasteiger partial charge in [-0.25, -0.2) is 4.79 Å². The van der Waals surface area contributed by atoms with Gasteiger partial charge in [-0.3, -0.25) is 10.1 Å². The summed E-state index contributed by atoms with van der Waals surface area (Å²) in [6.07, 6.45) is 5.01. The fourth-order valence-electron chi connectivity index (χ4n) is 3.16. The zero-order valence-electron chi connectivity index (χ0n) is 19.6. The first-order valence-corrected chi connectivity index (χ1v) is 10.6. The minimum absolute atomic E-state index is 0.193. The van der Waals surface area contributed by atoms with Gasteiger partial charge in [0.15, 0.2) is 23.0 Å². The summed E-state index contributed by atoms with van der Waals surface area (Å²) in [4.78, 5) is 22.3. The van der Waals surface area contributed by atoms with Gasteiger partial charge in [-0.1, -0.05) is 36.4 Å². The molecule has 0 amide bonds. The first-order valence-electron chi connectivity index (χ1n) is 10.6. The molecule has 0 spiro atoms. The molecule has 3 rings (SSSR count). The molecule has 0 heterocycles. The van der Waals surface area contributed by atoms with Crippen LogP contribution in [0.4, 0.5) is 0 Å². The molecule has 0 fully saturated rings. The molecule has 0 aromatic heterocycles. The van der Waals surface area contributed by atoms with Gasteiger partial charge in [0, 0.05) is 12.2 Å². The Balaban J connectivity index is 1.66. The van der Waals surface area contributed by atoms with Gasteiger partial charge in [0.2, 0.25) is 6.20 Å². The molecule has 0 saturated carbocycles. The Morgan fingerprint density at radius 3 is 2.17 bits per heavy atom. The number of benzene rings is 3. The first kappa shape index (κ1) is 25.0. The zero-order chi connectivity index (χ0) is 25.2. The van der Waals surface area contributed by atoms with Crippen LogP contribution in [0.1, 0.15) is 22.3 Å². The van der Waals surface area contributed by atoms with Gasteiger partial charge in [0.25, 0.3) is 0 Å². The number of ether oxygens (including phenoxy) is 4. The summed E-state index contributed by atoms with van der Waals surface area (Å²) in [5, 5.41) is 10.5. The number of carbonyl (C=O) groups is 1. The van der Waals surface area contributed by atoms with Crippen LogP contribution in [-0.2, 0) is 11.4 Å². The maximum Gasteiger partial charge on any atom is 0.336 e. The van der Waals surface area contributed by atoms with E-state index in [-0.39, 0.29) is 11.5 Å². The summed E-state index contributed by atoms with van der Waals surface area (Å²) in [6, 6.07) is 17.9. The van der Waals surface area contributed by atoms with Crippen LogP contribution in [0.15, 0.2) is 72.9 Å². The van der Waals surface area contributed by atoms with E-state index < -0.39 is 10.9 Å². The van der Waals surface area contributed by atoms with Gasteiger partial charge >= 0.3 is 5.97 Å². The molecular weight excluding hydrogens is 450 g/mol. The Hall–Kier alpha value is -4.59. The van der Waals surface area contributed by atoms with Crippen LogP contribution < -0.4 is 18.9 Å². The van der Waals surface area contributed by atoms with Crippen molar-refractivity contribution in [2.24, 2.45) is 0 Å². The highest BCUT2D eigenvalue weighted by Crippen LogP contribution is 2.31. The van der Waals surface area contributed by atoms with Gasteiger partial charge in [-0.05, 0) is 59.5 Å². The third-order valence-electron chi connectivity index (χ3n) is 5.03. The van der Waals surface area contributed by atoms with Crippen LogP contribution in [0.3, 0.4) is 0 Å². The average Bonchev–Trinajstić information content (AvgIpc) is 2.86. The molecule has 8 nitrogen and oxygen atoms in total. The van der Waals surface area contributed by atoms with Crippen molar-refractivity contribution in [3.63, 3.8) is 0 Å². The number of nitro groups is 1. The third kappa shape index (κ3) is 7.20. The van der Waals surface area contributed by atoms with E-state index in [4.69, 9.17) is 18.9 Å². The monoisotopic (exact) mass is 475 g/mol. The van der Waals surface area contributed by atoms with E-state index in [2.05, 4.69) is 0 Å². The standard InChI is InChI=1S/C27H25NO7/c1-19-6-4-5-7-22(19)18-34-23-11-8-20(16-25(23)32-2)10-13-27(29)35-24-12-9-21(14-15-28(30)31)17-26(24)33-3/h4-17H,18H2,1-3H3/b13-10+,15-14+. The molecule has 0 N–H and O–H groups in total. The lowest BCUT2D eigenvalue weighted by atomic mass is 10.1.